The van der Waals surface area contributed by atoms with Crippen molar-refractivity contribution >= 4 is 34.6 Å². The number of nitro benzene ring substituents is 1. The van der Waals surface area contributed by atoms with E-state index in [0.29, 0.717) is 15.7 Å². The van der Waals surface area contributed by atoms with Crippen molar-refractivity contribution in [1.82, 2.24) is 0 Å². The van der Waals surface area contributed by atoms with Gasteiger partial charge in [-0.3, -0.25) is 10.1 Å². The molecule has 0 aliphatic rings. The van der Waals surface area contributed by atoms with E-state index in [4.69, 9.17) is 23.2 Å². The van der Waals surface area contributed by atoms with Gasteiger partial charge in [0.2, 0.25) is 0 Å². The first kappa shape index (κ1) is 15.6. The molecule has 0 aliphatic heterocycles. The first-order valence-corrected chi connectivity index (χ1v) is 7.22. The van der Waals surface area contributed by atoms with Crippen molar-refractivity contribution in [3.63, 3.8) is 0 Å². The fourth-order valence-electron chi connectivity index (χ4n) is 2.04. The molecule has 1 atom stereocenters. The topological polar surface area (TPSA) is 55.2 Å². The summed E-state index contributed by atoms with van der Waals surface area (Å²) in [6.07, 6.45) is 0.842. The smallest absolute Gasteiger partial charge is 0.271 e. The second-order valence-electron chi connectivity index (χ2n) is 4.58. The van der Waals surface area contributed by atoms with Crippen molar-refractivity contribution in [3.8, 4) is 0 Å². The number of nitro groups is 1. The Morgan fingerprint density at radius 1 is 1.19 bits per heavy atom. The molecule has 110 valence electrons. The third-order valence-corrected chi connectivity index (χ3v) is 3.74. The Hall–Kier alpha value is -1.78. The maximum absolute atomic E-state index is 10.7. The van der Waals surface area contributed by atoms with Gasteiger partial charge in [-0.05, 0) is 30.2 Å². The highest BCUT2D eigenvalue weighted by molar-refractivity contribution is 6.33. The molecule has 0 amide bonds. The van der Waals surface area contributed by atoms with Crippen LogP contribution in [0.25, 0.3) is 0 Å². The zero-order valence-electron chi connectivity index (χ0n) is 11.3. The van der Waals surface area contributed by atoms with Gasteiger partial charge in [-0.15, -0.1) is 0 Å². The second kappa shape index (κ2) is 6.78. The maximum atomic E-state index is 10.7. The number of nitrogens with zero attached hydrogens (tertiary/aromatic N) is 1. The second-order valence-corrected chi connectivity index (χ2v) is 5.42. The number of nitrogens with one attached hydrogen (secondary N) is 1. The van der Waals surface area contributed by atoms with Gasteiger partial charge in [0.05, 0.1) is 21.7 Å². The van der Waals surface area contributed by atoms with Gasteiger partial charge in [-0.25, -0.2) is 0 Å². The minimum atomic E-state index is -0.466. The zero-order valence-corrected chi connectivity index (χ0v) is 12.9. The predicted octanol–water partition coefficient (Wildman–Crippen LogP) is 5.46. The lowest BCUT2D eigenvalue weighted by atomic mass is 10.0. The lowest BCUT2D eigenvalue weighted by Gasteiger charge is -2.19. The van der Waals surface area contributed by atoms with E-state index in [2.05, 4.69) is 5.32 Å². The molecule has 2 aromatic carbocycles. The molecule has 0 radical (unpaired) electrons. The van der Waals surface area contributed by atoms with Crippen LogP contribution in [0, 0.1) is 10.1 Å². The van der Waals surface area contributed by atoms with Gasteiger partial charge in [0.25, 0.3) is 5.69 Å². The molecule has 1 N–H and O–H groups in total. The zero-order chi connectivity index (χ0) is 15.4. The van der Waals surface area contributed by atoms with E-state index >= 15 is 0 Å². The first-order chi connectivity index (χ1) is 10.0. The van der Waals surface area contributed by atoms with Crippen LogP contribution in [0.15, 0.2) is 42.5 Å². The fourth-order valence-corrected chi connectivity index (χ4v) is 2.39. The molecule has 0 bridgehead atoms. The standard InChI is InChI=1S/C15H14Cl2N2O2/c1-2-14(10-3-5-11(16)6-4-10)18-15-8-7-12(19(20)21)9-13(15)17/h3-9,14,18H,2H2,1H3. The van der Waals surface area contributed by atoms with Gasteiger partial charge in [-0.2, -0.15) is 0 Å². The van der Waals surface area contributed by atoms with Crippen LogP contribution in [0.1, 0.15) is 24.9 Å². The number of halogens is 2. The van der Waals surface area contributed by atoms with Crippen LogP contribution in [0.3, 0.4) is 0 Å². The summed E-state index contributed by atoms with van der Waals surface area (Å²) in [5.41, 5.74) is 1.73. The monoisotopic (exact) mass is 324 g/mol. The molecule has 4 nitrogen and oxygen atoms in total. The minimum absolute atomic E-state index is 0.0231. The number of anilines is 1. The Labute approximate surface area is 132 Å². The van der Waals surface area contributed by atoms with Crippen molar-refractivity contribution in [2.75, 3.05) is 5.32 Å². The van der Waals surface area contributed by atoms with E-state index in [9.17, 15) is 10.1 Å². The molecule has 0 spiro atoms. The van der Waals surface area contributed by atoms with Gasteiger partial charge in [0, 0.05) is 17.2 Å². The lowest BCUT2D eigenvalue weighted by Crippen LogP contribution is -2.10. The summed E-state index contributed by atoms with van der Waals surface area (Å²) in [5.74, 6) is 0. The van der Waals surface area contributed by atoms with Crippen molar-refractivity contribution in [2.24, 2.45) is 0 Å². The first-order valence-electron chi connectivity index (χ1n) is 6.47. The molecular formula is C15H14Cl2N2O2. The SMILES string of the molecule is CCC(Nc1ccc([N+](=O)[O-])cc1Cl)c1ccc(Cl)cc1. The van der Waals surface area contributed by atoms with E-state index in [0.717, 1.165) is 12.0 Å². The third kappa shape index (κ3) is 3.86. The van der Waals surface area contributed by atoms with Gasteiger partial charge in [-0.1, -0.05) is 42.3 Å². The van der Waals surface area contributed by atoms with Crippen LogP contribution in [0.5, 0.6) is 0 Å². The highest BCUT2D eigenvalue weighted by Gasteiger charge is 2.13. The molecule has 0 aliphatic carbocycles. The van der Waals surface area contributed by atoms with Crippen LogP contribution >= 0.6 is 23.2 Å². The number of hydrogen-bond acceptors (Lipinski definition) is 3. The summed E-state index contributed by atoms with van der Waals surface area (Å²) < 4.78 is 0. The summed E-state index contributed by atoms with van der Waals surface area (Å²) in [5, 5.41) is 15.0. The van der Waals surface area contributed by atoms with Gasteiger partial charge >= 0.3 is 0 Å². The van der Waals surface area contributed by atoms with Crippen molar-refractivity contribution in [3.05, 3.63) is 68.2 Å². The summed E-state index contributed by atoms with van der Waals surface area (Å²) in [4.78, 5) is 10.2. The predicted molar refractivity (Wildman–Crippen MR) is 86.2 cm³/mol. The largest absolute Gasteiger partial charge is 0.377 e. The lowest BCUT2D eigenvalue weighted by molar-refractivity contribution is -0.384. The molecule has 21 heavy (non-hydrogen) atoms. The Balaban J connectivity index is 2.22. The van der Waals surface area contributed by atoms with E-state index in [1.807, 2.05) is 31.2 Å². The quantitative estimate of drug-likeness (QED) is 0.586. The number of benzene rings is 2. The van der Waals surface area contributed by atoms with Gasteiger partial charge in [0.1, 0.15) is 0 Å². The summed E-state index contributed by atoms with van der Waals surface area (Å²) >= 11 is 12.0. The number of rotatable bonds is 5. The van der Waals surface area contributed by atoms with Crippen LogP contribution in [0.4, 0.5) is 11.4 Å². The molecule has 2 rings (SSSR count). The van der Waals surface area contributed by atoms with E-state index < -0.39 is 4.92 Å². The molecule has 6 heteroatoms. The molecular weight excluding hydrogens is 311 g/mol. The average Bonchev–Trinajstić information content (AvgIpc) is 2.47. The van der Waals surface area contributed by atoms with Gasteiger partial charge < -0.3 is 5.32 Å². The Bertz CT molecular complexity index is 645. The summed E-state index contributed by atoms with van der Waals surface area (Å²) in [7, 11) is 0. The summed E-state index contributed by atoms with van der Waals surface area (Å²) in [6.45, 7) is 2.05. The van der Waals surface area contributed by atoms with Crippen LogP contribution in [-0.2, 0) is 0 Å². The molecule has 1 unspecified atom stereocenters. The molecule has 0 saturated heterocycles. The van der Waals surface area contributed by atoms with Crippen LogP contribution < -0.4 is 5.32 Å². The Morgan fingerprint density at radius 3 is 2.38 bits per heavy atom. The van der Waals surface area contributed by atoms with E-state index in [1.165, 1.54) is 12.1 Å². The molecule has 0 saturated carbocycles. The maximum Gasteiger partial charge on any atom is 0.271 e. The normalized spacial score (nSPS) is 12.0. The van der Waals surface area contributed by atoms with E-state index in [-0.39, 0.29) is 11.7 Å². The highest BCUT2D eigenvalue weighted by atomic mass is 35.5. The number of hydrogen-bond donors (Lipinski definition) is 1. The third-order valence-electron chi connectivity index (χ3n) is 3.17. The Kier molecular flexibility index (Phi) is 5.04. The molecule has 0 aromatic heterocycles. The summed E-state index contributed by atoms with van der Waals surface area (Å²) in [6, 6.07) is 12.0. The molecule has 0 heterocycles. The van der Waals surface area contributed by atoms with Crippen LogP contribution in [-0.4, -0.2) is 4.92 Å². The van der Waals surface area contributed by atoms with Gasteiger partial charge in [0.15, 0.2) is 0 Å². The van der Waals surface area contributed by atoms with Crippen LogP contribution in [0.2, 0.25) is 10.0 Å². The fraction of sp³-hybridized carbons (Fsp3) is 0.200. The molecule has 0 fully saturated rings. The van der Waals surface area contributed by atoms with Crippen molar-refractivity contribution in [1.29, 1.82) is 0 Å². The highest BCUT2D eigenvalue weighted by Crippen LogP contribution is 2.31. The Morgan fingerprint density at radius 2 is 1.86 bits per heavy atom. The average molecular weight is 325 g/mol. The van der Waals surface area contributed by atoms with Crippen molar-refractivity contribution < 1.29 is 4.92 Å². The minimum Gasteiger partial charge on any atom is -0.377 e. The van der Waals surface area contributed by atoms with Crippen molar-refractivity contribution in [2.45, 2.75) is 19.4 Å². The molecule has 2 aromatic rings. The van der Waals surface area contributed by atoms with E-state index in [1.54, 1.807) is 6.07 Å². The number of non-ortho nitro benzene ring substituents is 1.